The summed E-state index contributed by atoms with van der Waals surface area (Å²) in [4.78, 5) is 45.7. The molecule has 3 heterocycles. The lowest BCUT2D eigenvalue weighted by molar-refractivity contribution is -0.176. The van der Waals surface area contributed by atoms with E-state index in [1.54, 1.807) is 31.3 Å². The first kappa shape index (κ1) is 21.8. The Balaban J connectivity index is 1.40. The Bertz CT molecular complexity index is 1100. The van der Waals surface area contributed by atoms with Gasteiger partial charge in [-0.05, 0) is 38.5 Å². The lowest BCUT2D eigenvalue weighted by atomic mass is 9.65. The van der Waals surface area contributed by atoms with Gasteiger partial charge in [-0.3, -0.25) is 24.8 Å². The molecule has 2 aromatic heterocycles. The molecule has 1 spiro atoms. The summed E-state index contributed by atoms with van der Waals surface area (Å²) < 4.78 is 32.4. The number of rotatable bonds is 5. The molecule has 2 aromatic rings. The largest absolute Gasteiger partial charge is 0.455 e. The Morgan fingerprint density at radius 1 is 1.25 bits per heavy atom. The molecule has 1 aliphatic carbocycles. The standard InChI is InChI=1S/C22H22F2N4O4/c1-13(29)9-15-10-16(5-7-25-15)32-17-3-4-18(26-14(17)2)27-20(31)28-8-6-21(19(28)30)11-22(23,24)12-21/h3-5,7,10H,6,8-9,11-12H2,1-2H3,(H,26,27,31). The molecule has 2 fully saturated rings. The molecule has 168 valence electrons. The van der Waals surface area contributed by atoms with Gasteiger partial charge in [-0.15, -0.1) is 0 Å². The highest BCUT2D eigenvalue weighted by molar-refractivity contribution is 6.04. The van der Waals surface area contributed by atoms with Crippen molar-refractivity contribution in [3.05, 3.63) is 41.9 Å². The van der Waals surface area contributed by atoms with Crippen LogP contribution in [0.4, 0.5) is 19.4 Å². The number of imide groups is 1. The van der Waals surface area contributed by atoms with E-state index in [0.29, 0.717) is 22.9 Å². The number of ether oxygens (including phenoxy) is 1. The van der Waals surface area contributed by atoms with E-state index in [-0.39, 0.29) is 31.0 Å². The van der Waals surface area contributed by atoms with Gasteiger partial charge in [0, 0.05) is 38.1 Å². The number of halogens is 2. The summed E-state index contributed by atoms with van der Waals surface area (Å²) in [6.45, 7) is 3.27. The number of amides is 3. The number of hydrogen-bond donors (Lipinski definition) is 1. The smallest absolute Gasteiger partial charge is 0.329 e. The zero-order valence-electron chi connectivity index (χ0n) is 17.7. The second kappa shape index (κ2) is 7.92. The van der Waals surface area contributed by atoms with Crippen LogP contribution in [0.15, 0.2) is 30.5 Å². The normalized spacial score (nSPS) is 18.4. The topological polar surface area (TPSA) is 101 Å². The number of likely N-dealkylation sites (tertiary alicyclic amines) is 1. The summed E-state index contributed by atoms with van der Waals surface area (Å²) in [7, 11) is 0. The van der Waals surface area contributed by atoms with Crippen LogP contribution < -0.4 is 10.1 Å². The van der Waals surface area contributed by atoms with E-state index in [2.05, 4.69) is 15.3 Å². The maximum atomic E-state index is 13.3. The fourth-order valence-electron chi connectivity index (χ4n) is 4.18. The minimum absolute atomic E-state index is 0.0129. The van der Waals surface area contributed by atoms with Crippen LogP contribution in [0.2, 0.25) is 0 Å². The summed E-state index contributed by atoms with van der Waals surface area (Å²) in [6.07, 6.45) is 0.978. The number of nitrogens with zero attached hydrogens (tertiary/aromatic N) is 3. The van der Waals surface area contributed by atoms with Gasteiger partial charge in [0.2, 0.25) is 11.8 Å². The van der Waals surface area contributed by atoms with E-state index >= 15 is 0 Å². The van der Waals surface area contributed by atoms with Crippen molar-refractivity contribution in [2.24, 2.45) is 5.41 Å². The van der Waals surface area contributed by atoms with Gasteiger partial charge in [0.1, 0.15) is 23.1 Å². The number of aryl methyl sites for hydroxylation is 1. The molecule has 8 nitrogen and oxygen atoms in total. The molecule has 0 bridgehead atoms. The molecule has 1 N–H and O–H groups in total. The fraction of sp³-hybridized carbons (Fsp3) is 0.409. The molecule has 0 radical (unpaired) electrons. The zero-order chi connectivity index (χ0) is 23.1. The first-order chi connectivity index (χ1) is 15.1. The molecule has 0 aromatic carbocycles. The minimum Gasteiger partial charge on any atom is -0.455 e. The Hall–Kier alpha value is -3.43. The number of anilines is 1. The molecule has 0 unspecified atom stereocenters. The van der Waals surface area contributed by atoms with Crippen LogP contribution in [0.25, 0.3) is 0 Å². The van der Waals surface area contributed by atoms with E-state index in [1.807, 2.05) is 0 Å². The van der Waals surface area contributed by atoms with Gasteiger partial charge in [-0.1, -0.05) is 0 Å². The van der Waals surface area contributed by atoms with Crippen molar-refractivity contribution in [2.45, 2.75) is 45.5 Å². The van der Waals surface area contributed by atoms with Crippen molar-refractivity contribution < 1.29 is 27.9 Å². The third-order valence-corrected chi connectivity index (χ3v) is 5.67. The van der Waals surface area contributed by atoms with Crippen molar-refractivity contribution in [3.63, 3.8) is 0 Å². The van der Waals surface area contributed by atoms with Crippen molar-refractivity contribution in [3.8, 4) is 11.5 Å². The number of aromatic nitrogens is 2. The summed E-state index contributed by atoms with van der Waals surface area (Å²) in [6, 6.07) is 5.76. The number of Topliss-reactive ketones (excluding diaryl/α,β-unsaturated/α-hetero) is 1. The first-order valence-electron chi connectivity index (χ1n) is 10.2. The molecule has 10 heteroatoms. The third-order valence-electron chi connectivity index (χ3n) is 5.67. The number of alkyl halides is 2. The third kappa shape index (κ3) is 4.30. The molecule has 2 aliphatic rings. The van der Waals surface area contributed by atoms with Crippen LogP contribution in [0.1, 0.15) is 37.6 Å². The number of pyridine rings is 2. The maximum Gasteiger partial charge on any atom is 0.329 e. The number of hydrogen-bond acceptors (Lipinski definition) is 6. The van der Waals surface area contributed by atoms with E-state index in [9.17, 15) is 23.2 Å². The highest BCUT2D eigenvalue weighted by atomic mass is 19.3. The molecule has 0 atom stereocenters. The van der Waals surface area contributed by atoms with E-state index < -0.39 is 36.1 Å². The highest BCUT2D eigenvalue weighted by Crippen LogP contribution is 2.57. The molecule has 3 amide bonds. The Kier molecular flexibility index (Phi) is 5.39. The predicted octanol–water partition coefficient (Wildman–Crippen LogP) is 3.89. The van der Waals surface area contributed by atoms with Crippen LogP contribution in [-0.4, -0.2) is 45.1 Å². The van der Waals surface area contributed by atoms with Crippen molar-refractivity contribution >= 4 is 23.5 Å². The van der Waals surface area contributed by atoms with Crippen LogP contribution in [-0.2, 0) is 16.0 Å². The zero-order valence-corrected chi connectivity index (χ0v) is 17.7. The van der Waals surface area contributed by atoms with Gasteiger partial charge < -0.3 is 4.74 Å². The van der Waals surface area contributed by atoms with Gasteiger partial charge in [0.25, 0.3) is 0 Å². The van der Waals surface area contributed by atoms with Crippen molar-refractivity contribution in [1.82, 2.24) is 14.9 Å². The second-order valence-electron chi connectivity index (χ2n) is 8.37. The van der Waals surface area contributed by atoms with Gasteiger partial charge in [0.15, 0.2) is 0 Å². The summed E-state index contributed by atoms with van der Waals surface area (Å²) in [5.74, 6) is -2.27. The van der Waals surface area contributed by atoms with E-state index in [1.165, 1.54) is 13.0 Å². The van der Waals surface area contributed by atoms with Gasteiger partial charge in [-0.2, -0.15) is 0 Å². The van der Waals surface area contributed by atoms with Crippen LogP contribution in [0.3, 0.4) is 0 Å². The fourth-order valence-corrected chi connectivity index (χ4v) is 4.18. The average molecular weight is 444 g/mol. The first-order valence-corrected chi connectivity index (χ1v) is 10.2. The quantitative estimate of drug-likeness (QED) is 0.751. The lowest BCUT2D eigenvalue weighted by Crippen LogP contribution is -2.52. The summed E-state index contributed by atoms with van der Waals surface area (Å²) >= 11 is 0. The van der Waals surface area contributed by atoms with Crippen molar-refractivity contribution in [2.75, 3.05) is 11.9 Å². The van der Waals surface area contributed by atoms with Crippen LogP contribution in [0, 0.1) is 12.3 Å². The number of carbonyl (C=O) groups is 3. The average Bonchev–Trinajstić information content (AvgIpc) is 2.99. The maximum absolute atomic E-state index is 13.3. The van der Waals surface area contributed by atoms with E-state index in [0.717, 1.165) is 4.90 Å². The molecule has 1 saturated carbocycles. The molecule has 4 rings (SSSR count). The molecular weight excluding hydrogens is 422 g/mol. The molecular formula is C22H22F2N4O4. The number of carbonyl (C=O) groups excluding carboxylic acids is 3. The lowest BCUT2D eigenvalue weighted by Gasteiger charge is -2.42. The molecule has 1 aliphatic heterocycles. The number of urea groups is 1. The highest BCUT2D eigenvalue weighted by Gasteiger charge is 2.64. The summed E-state index contributed by atoms with van der Waals surface area (Å²) in [5.41, 5.74) is -0.0504. The van der Waals surface area contributed by atoms with Gasteiger partial charge in [0.05, 0.1) is 16.8 Å². The Labute approximate surface area is 183 Å². The van der Waals surface area contributed by atoms with Gasteiger partial charge in [-0.25, -0.2) is 18.6 Å². The number of ketones is 1. The second-order valence-corrected chi connectivity index (χ2v) is 8.37. The van der Waals surface area contributed by atoms with E-state index in [4.69, 9.17) is 4.74 Å². The predicted molar refractivity (Wildman–Crippen MR) is 110 cm³/mol. The monoisotopic (exact) mass is 444 g/mol. The van der Waals surface area contributed by atoms with Crippen molar-refractivity contribution in [1.29, 1.82) is 0 Å². The summed E-state index contributed by atoms with van der Waals surface area (Å²) in [5, 5.41) is 2.55. The molecule has 1 saturated heterocycles. The van der Waals surface area contributed by atoms with Crippen LogP contribution in [0.5, 0.6) is 11.5 Å². The Morgan fingerprint density at radius 2 is 2.00 bits per heavy atom. The number of nitrogens with one attached hydrogen (secondary N) is 1. The SMILES string of the molecule is CC(=O)Cc1cc(Oc2ccc(NC(=O)N3CCC4(CC(F)(F)C4)C3=O)nc2C)ccn1. The molecule has 32 heavy (non-hydrogen) atoms. The van der Waals surface area contributed by atoms with Gasteiger partial charge >= 0.3 is 6.03 Å². The van der Waals surface area contributed by atoms with Crippen LogP contribution >= 0.6 is 0 Å². The minimum atomic E-state index is -2.84. The Morgan fingerprint density at radius 3 is 2.66 bits per heavy atom.